The van der Waals surface area contributed by atoms with Crippen molar-refractivity contribution in [1.82, 2.24) is 14.7 Å². The van der Waals surface area contributed by atoms with Crippen molar-refractivity contribution >= 4 is 22.4 Å². The van der Waals surface area contributed by atoms with Crippen LogP contribution in [0.4, 0.5) is 5.69 Å². The largest absolute Gasteiger partial charge is 0.326 e. The number of hydrogen-bond donors (Lipinski definition) is 2. The highest BCUT2D eigenvalue weighted by Gasteiger charge is 2.23. The van der Waals surface area contributed by atoms with Crippen molar-refractivity contribution in [2.75, 3.05) is 18.4 Å². The molecule has 1 atom stereocenters. The molecule has 1 saturated heterocycles. The van der Waals surface area contributed by atoms with Gasteiger partial charge in [0.1, 0.15) is 0 Å². The predicted molar refractivity (Wildman–Crippen MR) is 108 cm³/mol. The van der Waals surface area contributed by atoms with Crippen LogP contribution in [0.15, 0.2) is 42.6 Å². The SMILES string of the molecule is Cc1ccc2ccccc2c1NC(=O)c1nn(C)cc1CN1CCC(N)C1. The summed E-state index contributed by atoms with van der Waals surface area (Å²) in [5.41, 5.74) is 9.30. The first-order valence-electron chi connectivity index (χ1n) is 9.31. The molecule has 1 amide bonds. The summed E-state index contributed by atoms with van der Waals surface area (Å²) in [4.78, 5) is 15.3. The van der Waals surface area contributed by atoms with Crippen LogP contribution in [-0.2, 0) is 13.6 Å². The Bertz CT molecular complexity index is 993. The van der Waals surface area contributed by atoms with Gasteiger partial charge in [-0.05, 0) is 24.3 Å². The number of carbonyl (C=O) groups is 1. The van der Waals surface area contributed by atoms with E-state index >= 15 is 0 Å². The number of anilines is 1. The lowest BCUT2D eigenvalue weighted by Crippen LogP contribution is -2.27. The third kappa shape index (κ3) is 3.59. The molecule has 0 spiro atoms. The van der Waals surface area contributed by atoms with Crippen molar-refractivity contribution in [3.8, 4) is 0 Å². The maximum Gasteiger partial charge on any atom is 0.276 e. The van der Waals surface area contributed by atoms with Gasteiger partial charge in [-0.2, -0.15) is 5.10 Å². The highest BCUT2D eigenvalue weighted by atomic mass is 16.2. The van der Waals surface area contributed by atoms with Gasteiger partial charge in [0.05, 0.1) is 5.69 Å². The Labute approximate surface area is 159 Å². The molecule has 0 aliphatic carbocycles. The lowest BCUT2D eigenvalue weighted by molar-refractivity contribution is 0.102. The van der Waals surface area contributed by atoms with E-state index in [2.05, 4.69) is 21.4 Å². The van der Waals surface area contributed by atoms with Crippen LogP contribution >= 0.6 is 0 Å². The third-order valence-electron chi connectivity index (χ3n) is 5.20. The van der Waals surface area contributed by atoms with Crippen LogP contribution in [0.5, 0.6) is 0 Å². The number of fused-ring (bicyclic) bond motifs is 1. The summed E-state index contributed by atoms with van der Waals surface area (Å²) in [5, 5.41) is 9.66. The third-order valence-corrected chi connectivity index (χ3v) is 5.20. The fourth-order valence-corrected chi connectivity index (χ4v) is 3.81. The number of nitrogens with two attached hydrogens (primary N) is 1. The molecule has 6 heteroatoms. The molecule has 3 aromatic rings. The van der Waals surface area contributed by atoms with Crippen LogP contribution in [0, 0.1) is 6.92 Å². The Kier molecular flexibility index (Phi) is 4.68. The van der Waals surface area contributed by atoms with E-state index < -0.39 is 0 Å². The lowest BCUT2D eigenvalue weighted by atomic mass is 10.0. The molecule has 1 unspecified atom stereocenters. The Morgan fingerprint density at radius 2 is 2.11 bits per heavy atom. The van der Waals surface area contributed by atoms with Crippen LogP contribution in [0.1, 0.15) is 28.0 Å². The number of aryl methyl sites for hydroxylation is 2. The maximum absolute atomic E-state index is 13.1. The second-order valence-electron chi connectivity index (χ2n) is 7.39. The van der Waals surface area contributed by atoms with Crippen molar-refractivity contribution < 1.29 is 4.79 Å². The van der Waals surface area contributed by atoms with E-state index in [1.807, 2.05) is 50.5 Å². The molecule has 1 aromatic heterocycles. The van der Waals surface area contributed by atoms with Gasteiger partial charge in [-0.25, -0.2) is 0 Å². The lowest BCUT2D eigenvalue weighted by Gasteiger charge is -2.15. The first-order valence-corrected chi connectivity index (χ1v) is 9.31. The Balaban J connectivity index is 1.62. The van der Waals surface area contributed by atoms with Gasteiger partial charge in [-0.3, -0.25) is 14.4 Å². The fourth-order valence-electron chi connectivity index (χ4n) is 3.81. The fraction of sp³-hybridized carbons (Fsp3) is 0.333. The monoisotopic (exact) mass is 363 g/mol. The van der Waals surface area contributed by atoms with E-state index in [4.69, 9.17) is 5.73 Å². The predicted octanol–water partition coefficient (Wildman–Crippen LogP) is 2.67. The zero-order valence-corrected chi connectivity index (χ0v) is 15.8. The molecule has 4 rings (SSSR count). The van der Waals surface area contributed by atoms with Crippen LogP contribution in [0.2, 0.25) is 0 Å². The number of hydrogen-bond acceptors (Lipinski definition) is 4. The number of benzene rings is 2. The highest BCUT2D eigenvalue weighted by molar-refractivity contribution is 6.09. The van der Waals surface area contributed by atoms with Gasteiger partial charge in [-0.1, -0.05) is 36.4 Å². The van der Waals surface area contributed by atoms with E-state index in [1.165, 1.54) is 0 Å². The van der Waals surface area contributed by atoms with Gasteiger partial charge in [0.2, 0.25) is 0 Å². The number of aromatic nitrogens is 2. The van der Waals surface area contributed by atoms with Crippen LogP contribution in [-0.4, -0.2) is 39.7 Å². The molecule has 0 bridgehead atoms. The molecular formula is C21H25N5O. The van der Waals surface area contributed by atoms with Gasteiger partial charge >= 0.3 is 0 Å². The summed E-state index contributed by atoms with van der Waals surface area (Å²) < 4.78 is 1.70. The minimum atomic E-state index is -0.173. The number of nitrogens with one attached hydrogen (secondary N) is 1. The number of rotatable bonds is 4. The van der Waals surface area contributed by atoms with Gasteiger partial charge in [-0.15, -0.1) is 0 Å². The summed E-state index contributed by atoms with van der Waals surface area (Å²) in [6.45, 7) is 4.52. The van der Waals surface area contributed by atoms with Crippen LogP contribution in [0.25, 0.3) is 10.8 Å². The summed E-state index contributed by atoms with van der Waals surface area (Å²) in [5.74, 6) is -0.173. The van der Waals surface area contributed by atoms with E-state index in [0.29, 0.717) is 12.2 Å². The number of likely N-dealkylation sites (tertiary alicyclic amines) is 1. The zero-order valence-electron chi connectivity index (χ0n) is 15.8. The standard InChI is InChI=1S/C21H25N5O/c1-14-7-8-15-5-3-4-6-18(15)19(14)23-21(27)20-16(11-25(2)24-20)12-26-10-9-17(22)13-26/h3-8,11,17H,9-10,12-13,22H2,1-2H3,(H,23,27). The number of amides is 1. The molecule has 3 N–H and O–H groups in total. The molecule has 1 aliphatic heterocycles. The van der Waals surface area contributed by atoms with E-state index in [-0.39, 0.29) is 11.9 Å². The van der Waals surface area contributed by atoms with E-state index in [1.54, 1.807) is 4.68 Å². The first kappa shape index (κ1) is 17.7. The minimum Gasteiger partial charge on any atom is -0.326 e. The first-order chi connectivity index (χ1) is 13.0. The van der Waals surface area contributed by atoms with Crippen molar-refractivity contribution in [3.63, 3.8) is 0 Å². The summed E-state index contributed by atoms with van der Waals surface area (Å²) >= 11 is 0. The van der Waals surface area contributed by atoms with Gasteiger partial charge in [0.25, 0.3) is 5.91 Å². The molecule has 6 nitrogen and oxygen atoms in total. The van der Waals surface area contributed by atoms with Crippen molar-refractivity contribution in [1.29, 1.82) is 0 Å². The summed E-state index contributed by atoms with van der Waals surface area (Å²) in [7, 11) is 1.85. The van der Waals surface area contributed by atoms with Crippen LogP contribution < -0.4 is 11.1 Å². The highest BCUT2D eigenvalue weighted by Crippen LogP contribution is 2.28. The van der Waals surface area contributed by atoms with E-state index in [0.717, 1.165) is 47.1 Å². The molecule has 1 aliphatic rings. The average molecular weight is 363 g/mol. The summed E-state index contributed by atoms with van der Waals surface area (Å²) in [6, 6.07) is 12.4. The molecular weight excluding hydrogens is 338 g/mol. The Morgan fingerprint density at radius 1 is 1.30 bits per heavy atom. The quantitative estimate of drug-likeness (QED) is 0.747. The van der Waals surface area contributed by atoms with Crippen molar-refractivity contribution in [2.45, 2.75) is 25.9 Å². The Morgan fingerprint density at radius 3 is 2.89 bits per heavy atom. The average Bonchev–Trinajstić information content (AvgIpc) is 3.23. The molecule has 0 radical (unpaired) electrons. The minimum absolute atomic E-state index is 0.173. The smallest absolute Gasteiger partial charge is 0.276 e. The molecule has 1 fully saturated rings. The zero-order chi connectivity index (χ0) is 19.0. The summed E-state index contributed by atoms with van der Waals surface area (Å²) in [6.07, 6.45) is 2.92. The van der Waals surface area contributed by atoms with Gasteiger partial charge in [0, 0.05) is 49.9 Å². The molecule has 2 aromatic carbocycles. The number of carbonyl (C=O) groups excluding carboxylic acids is 1. The van der Waals surface area contributed by atoms with Gasteiger partial charge < -0.3 is 11.1 Å². The topological polar surface area (TPSA) is 76.2 Å². The van der Waals surface area contributed by atoms with Crippen LogP contribution in [0.3, 0.4) is 0 Å². The maximum atomic E-state index is 13.1. The molecule has 140 valence electrons. The Hall–Kier alpha value is -2.70. The van der Waals surface area contributed by atoms with E-state index in [9.17, 15) is 4.79 Å². The molecule has 2 heterocycles. The van der Waals surface area contributed by atoms with Crippen molar-refractivity contribution in [3.05, 3.63) is 59.4 Å². The molecule has 27 heavy (non-hydrogen) atoms. The molecule has 0 saturated carbocycles. The second kappa shape index (κ2) is 7.13. The second-order valence-corrected chi connectivity index (χ2v) is 7.39. The van der Waals surface area contributed by atoms with Crippen molar-refractivity contribution in [2.24, 2.45) is 12.8 Å². The normalized spacial score (nSPS) is 17.5. The van der Waals surface area contributed by atoms with Gasteiger partial charge in [0.15, 0.2) is 5.69 Å². The number of nitrogens with zero attached hydrogens (tertiary/aromatic N) is 3.